The number of aromatic amines is 1. The number of H-pyrrole nitrogens is 1. The fourth-order valence-corrected chi connectivity index (χ4v) is 3.43. The fraction of sp³-hybridized carbons (Fsp3) is 0.0435. The zero-order valence-electron chi connectivity index (χ0n) is 15.1. The number of fused-ring (bicyclic) bond motifs is 2. The van der Waals surface area contributed by atoms with E-state index in [1.165, 1.54) is 12.1 Å². The summed E-state index contributed by atoms with van der Waals surface area (Å²) in [6, 6.07) is 22.0. The van der Waals surface area contributed by atoms with E-state index in [9.17, 15) is 4.39 Å². The number of halogens is 1. The first-order valence-electron chi connectivity index (χ1n) is 8.92. The van der Waals surface area contributed by atoms with Crippen molar-refractivity contribution in [3.8, 4) is 28.1 Å². The van der Waals surface area contributed by atoms with Gasteiger partial charge < -0.3 is 9.72 Å². The highest BCUT2D eigenvalue weighted by Crippen LogP contribution is 2.38. The maximum Gasteiger partial charge on any atom is 0.157 e. The lowest BCUT2D eigenvalue weighted by molar-refractivity contribution is 0.415. The van der Waals surface area contributed by atoms with Crippen LogP contribution in [-0.2, 0) is 0 Å². The second kappa shape index (κ2) is 6.46. The molecule has 5 rings (SSSR count). The van der Waals surface area contributed by atoms with Crippen LogP contribution in [0.3, 0.4) is 0 Å². The van der Waals surface area contributed by atoms with Gasteiger partial charge in [0.25, 0.3) is 0 Å². The molecule has 0 radical (unpaired) electrons. The lowest BCUT2D eigenvalue weighted by Gasteiger charge is -2.06. The maximum absolute atomic E-state index is 13.5. The molecule has 0 aliphatic heterocycles. The second-order valence-corrected chi connectivity index (χ2v) is 6.52. The number of rotatable bonds is 3. The molecule has 4 nitrogen and oxygen atoms in total. The molecule has 2 heterocycles. The number of nitrogens with zero attached hydrogens (tertiary/aromatic N) is 2. The Kier molecular flexibility index (Phi) is 3.79. The Morgan fingerprint density at radius 2 is 1.43 bits per heavy atom. The minimum atomic E-state index is -0.272. The van der Waals surface area contributed by atoms with Crippen LogP contribution in [0.2, 0.25) is 0 Å². The number of hydrogen-bond acceptors (Lipinski definition) is 3. The van der Waals surface area contributed by atoms with Gasteiger partial charge in [-0.1, -0.05) is 24.3 Å². The molecule has 0 amide bonds. The topological polar surface area (TPSA) is 50.8 Å². The monoisotopic (exact) mass is 369 g/mol. The zero-order valence-corrected chi connectivity index (χ0v) is 15.1. The lowest BCUT2D eigenvalue weighted by Crippen LogP contribution is -1.87. The summed E-state index contributed by atoms with van der Waals surface area (Å²) in [6.45, 7) is 0. The normalized spacial score (nSPS) is 11.2. The Labute approximate surface area is 160 Å². The van der Waals surface area contributed by atoms with Crippen molar-refractivity contribution in [3.63, 3.8) is 0 Å². The number of methoxy groups -OCH3 is 1. The van der Waals surface area contributed by atoms with Crippen LogP contribution in [0.4, 0.5) is 4.39 Å². The molecule has 0 aliphatic carbocycles. The van der Waals surface area contributed by atoms with Gasteiger partial charge in [-0.15, -0.1) is 0 Å². The molecule has 28 heavy (non-hydrogen) atoms. The first-order chi connectivity index (χ1) is 13.7. The average molecular weight is 369 g/mol. The lowest BCUT2D eigenvalue weighted by atomic mass is 10.0. The van der Waals surface area contributed by atoms with Gasteiger partial charge in [0.15, 0.2) is 5.65 Å². The van der Waals surface area contributed by atoms with Crippen molar-refractivity contribution in [2.45, 2.75) is 0 Å². The Bertz CT molecular complexity index is 1290. The van der Waals surface area contributed by atoms with E-state index in [2.05, 4.69) is 4.98 Å². The van der Waals surface area contributed by atoms with E-state index in [1.54, 1.807) is 19.2 Å². The standard InChI is InChI=1S/C23H16FN3O/c1-28-17-12-8-15(9-13-17)21-20(14-6-10-16(24)11-7-14)22-23(27-21)26-19-5-3-2-4-18(19)25-22/h2-13H,1H3,(H,26,27). The minimum Gasteiger partial charge on any atom is -0.497 e. The summed E-state index contributed by atoms with van der Waals surface area (Å²) in [5, 5.41) is 0. The van der Waals surface area contributed by atoms with E-state index in [0.717, 1.165) is 44.7 Å². The molecular weight excluding hydrogens is 353 g/mol. The van der Waals surface area contributed by atoms with Crippen molar-refractivity contribution in [1.82, 2.24) is 15.0 Å². The summed E-state index contributed by atoms with van der Waals surface area (Å²) >= 11 is 0. The number of para-hydroxylation sites is 2. The van der Waals surface area contributed by atoms with Crippen LogP contribution in [-0.4, -0.2) is 22.1 Å². The molecule has 0 aliphatic rings. The third kappa shape index (κ3) is 2.68. The molecule has 5 aromatic rings. The van der Waals surface area contributed by atoms with Crippen molar-refractivity contribution in [2.24, 2.45) is 0 Å². The van der Waals surface area contributed by atoms with Crippen molar-refractivity contribution >= 4 is 22.2 Å². The predicted molar refractivity (Wildman–Crippen MR) is 109 cm³/mol. The largest absolute Gasteiger partial charge is 0.497 e. The Hall–Kier alpha value is -3.73. The number of benzene rings is 3. The van der Waals surface area contributed by atoms with Crippen LogP contribution >= 0.6 is 0 Å². The van der Waals surface area contributed by atoms with Gasteiger partial charge in [-0.3, -0.25) is 0 Å². The number of nitrogens with one attached hydrogen (secondary N) is 1. The predicted octanol–water partition coefficient (Wildman–Crippen LogP) is 5.59. The van der Waals surface area contributed by atoms with E-state index in [4.69, 9.17) is 14.7 Å². The summed E-state index contributed by atoms with van der Waals surface area (Å²) in [4.78, 5) is 13.0. The smallest absolute Gasteiger partial charge is 0.157 e. The molecule has 0 saturated heterocycles. The highest BCUT2D eigenvalue weighted by Gasteiger charge is 2.18. The van der Waals surface area contributed by atoms with Gasteiger partial charge in [-0.05, 0) is 59.7 Å². The maximum atomic E-state index is 13.5. The third-order valence-electron chi connectivity index (χ3n) is 4.81. The number of hydrogen-bond donors (Lipinski definition) is 1. The molecule has 0 bridgehead atoms. The summed E-state index contributed by atoms with van der Waals surface area (Å²) < 4.78 is 18.8. The Morgan fingerprint density at radius 1 is 0.786 bits per heavy atom. The molecule has 1 N–H and O–H groups in total. The SMILES string of the molecule is COc1ccc(-c2[nH]c3nc4ccccc4nc3c2-c2ccc(F)cc2)cc1. The van der Waals surface area contributed by atoms with Crippen molar-refractivity contribution in [1.29, 1.82) is 0 Å². The Morgan fingerprint density at radius 3 is 2.11 bits per heavy atom. The van der Waals surface area contributed by atoms with Crippen molar-refractivity contribution < 1.29 is 9.13 Å². The summed E-state index contributed by atoms with van der Waals surface area (Å²) in [5.41, 5.74) is 6.74. The first-order valence-corrected chi connectivity index (χ1v) is 8.92. The van der Waals surface area contributed by atoms with Gasteiger partial charge >= 0.3 is 0 Å². The molecule has 5 heteroatoms. The van der Waals surface area contributed by atoms with E-state index in [1.807, 2.05) is 48.5 Å². The van der Waals surface area contributed by atoms with Gasteiger partial charge in [0.1, 0.15) is 17.1 Å². The fourth-order valence-electron chi connectivity index (χ4n) is 3.43. The third-order valence-corrected chi connectivity index (χ3v) is 4.81. The van der Waals surface area contributed by atoms with Crippen LogP contribution in [0, 0.1) is 5.82 Å². The minimum absolute atomic E-state index is 0.272. The molecular formula is C23H16FN3O. The van der Waals surface area contributed by atoms with Crippen molar-refractivity contribution in [3.05, 3.63) is 78.6 Å². The van der Waals surface area contributed by atoms with Gasteiger partial charge in [-0.25, -0.2) is 14.4 Å². The van der Waals surface area contributed by atoms with E-state index >= 15 is 0 Å². The first kappa shape index (κ1) is 16.4. The van der Waals surface area contributed by atoms with Crippen LogP contribution < -0.4 is 4.74 Å². The van der Waals surface area contributed by atoms with Crippen molar-refractivity contribution in [2.75, 3.05) is 7.11 Å². The van der Waals surface area contributed by atoms with Crippen LogP contribution in [0.1, 0.15) is 0 Å². The van der Waals surface area contributed by atoms with E-state index in [0.29, 0.717) is 5.65 Å². The van der Waals surface area contributed by atoms with E-state index in [-0.39, 0.29) is 5.82 Å². The quantitative estimate of drug-likeness (QED) is 0.451. The molecule has 0 unspecified atom stereocenters. The molecule has 3 aromatic carbocycles. The highest BCUT2D eigenvalue weighted by molar-refractivity contribution is 6.02. The van der Waals surface area contributed by atoms with Gasteiger partial charge in [0, 0.05) is 5.56 Å². The molecule has 0 fully saturated rings. The van der Waals surface area contributed by atoms with Crippen LogP contribution in [0.5, 0.6) is 5.75 Å². The van der Waals surface area contributed by atoms with Gasteiger partial charge in [0.2, 0.25) is 0 Å². The summed E-state index contributed by atoms with van der Waals surface area (Å²) in [7, 11) is 1.64. The second-order valence-electron chi connectivity index (χ2n) is 6.52. The molecule has 0 saturated carbocycles. The number of ether oxygens (including phenoxy) is 1. The van der Waals surface area contributed by atoms with Gasteiger partial charge in [0.05, 0.1) is 23.8 Å². The molecule has 2 aromatic heterocycles. The van der Waals surface area contributed by atoms with Crippen LogP contribution in [0.15, 0.2) is 72.8 Å². The molecule has 136 valence electrons. The number of aromatic nitrogens is 3. The summed E-state index contributed by atoms with van der Waals surface area (Å²) in [6.07, 6.45) is 0. The average Bonchev–Trinajstić information content (AvgIpc) is 3.11. The zero-order chi connectivity index (χ0) is 19.1. The Balaban J connectivity index is 1.82. The molecule has 0 atom stereocenters. The van der Waals surface area contributed by atoms with Crippen LogP contribution in [0.25, 0.3) is 44.6 Å². The summed E-state index contributed by atoms with van der Waals surface area (Å²) in [5.74, 6) is 0.510. The molecule has 0 spiro atoms. The van der Waals surface area contributed by atoms with E-state index < -0.39 is 0 Å². The van der Waals surface area contributed by atoms with Gasteiger partial charge in [-0.2, -0.15) is 0 Å². The highest BCUT2D eigenvalue weighted by atomic mass is 19.1.